The van der Waals surface area contributed by atoms with Crippen LogP contribution in [0.5, 0.6) is 0 Å². The van der Waals surface area contributed by atoms with E-state index in [1.807, 2.05) is 6.26 Å². The topological polar surface area (TPSA) is 92.9 Å². The summed E-state index contributed by atoms with van der Waals surface area (Å²) in [4.78, 5) is 25.1. The molecule has 0 aliphatic carbocycles. The summed E-state index contributed by atoms with van der Waals surface area (Å²) >= 11 is 1.66. The highest BCUT2D eigenvalue weighted by Gasteiger charge is 2.09. The van der Waals surface area contributed by atoms with Crippen molar-refractivity contribution >= 4 is 23.3 Å². The second-order valence-electron chi connectivity index (χ2n) is 3.18. The zero-order valence-corrected chi connectivity index (χ0v) is 10.2. The normalized spacial score (nSPS) is 10.4. The molecule has 0 saturated heterocycles. The number of nitrogens with one attached hydrogen (secondary N) is 2. The molecule has 0 radical (unpaired) electrons. The minimum Gasteiger partial charge on any atom is -0.383 e. The Morgan fingerprint density at radius 1 is 1.50 bits per heavy atom. The number of nitrogen functional groups attached to an aromatic ring is 1. The van der Waals surface area contributed by atoms with E-state index in [0.29, 0.717) is 13.1 Å². The monoisotopic (exact) mass is 244 g/mol. The second kappa shape index (κ2) is 5.64. The van der Waals surface area contributed by atoms with Crippen LogP contribution in [0.1, 0.15) is 6.92 Å². The first-order valence-corrected chi connectivity index (χ1v) is 6.36. The van der Waals surface area contributed by atoms with Gasteiger partial charge in [0, 0.05) is 18.8 Å². The fourth-order valence-corrected chi connectivity index (χ4v) is 1.66. The van der Waals surface area contributed by atoms with Gasteiger partial charge in [-0.2, -0.15) is 11.8 Å². The number of thioether (sulfide) groups is 1. The molecule has 0 bridgehead atoms. The fraction of sp³-hybridized carbons (Fsp3) is 0.556. The van der Waals surface area contributed by atoms with Crippen molar-refractivity contribution in [1.29, 1.82) is 0 Å². The molecule has 4 N–H and O–H groups in total. The molecule has 0 amide bonds. The molecule has 7 heteroatoms. The van der Waals surface area contributed by atoms with E-state index in [1.54, 1.807) is 18.7 Å². The van der Waals surface area contributed by atoms with Crippen molar-refractivity contribution in [3.63, 3.8) is 0 Å². The molecular formula is C9H16N4O2S. The van der Waals surface area contributed by atoms with Gasteiger partial charge in [-0.05, 0) is 13.2 Å². The van der Waals surface area contributed by atoms with E-state index < -0.39 is 11.2 Å². The Morgan fingerprint density at radius 3 is 2.75 bits per heavy atom. The van der Waals surface area contributed by atoms with Gasteiger partial charge in [-0.1, -0.05) is 0 Å². The number of anilines is 2. The molecule has 1 rings (SSSR count). The molecule has 6 nitrogen and oxygen atoms in total. The zero-order valence-electron chi connectivity index (χ0n) is 9.37. The Morgan fingerprint density at radius 2 is 2.19 bits per heavy atom. The summed E-state index contributed by atoms with van der Waals surface area (Å²) in [5, 5.41) is 2.93. The molecule has 16 heavy (non-hydrogen) atoms. The van der Waals surface area contributed by atoms with Gasteiger partial charge >= 0.3 is 5.69 Å². The van der Waals surface area contributed by atoms with Crippen LogP contribution >= 0.6 is 11.8 Å². The third kappa shape index (κ3) is 2.60. The lowest BCUT2D eigenvalue weighted by Crippen LogP contribution is -2.34. The highest BCUT2D eigenvalue weighted by atomic mass is 32.2. The van der Waals surface area contributed by atoms with Gasteiger partial charge in [0.25, 0.3) is 5.56 Å². The number of nitrogens with two attached hydrogens (primary N) is 1. The Hall–Kier alpha value is -1.37. The first kappa shape index (κ1) is 12.7. The smallest absolute Gasteiger partial charge is 0.330 e. The molecule has 1 heterocycles. The molecule has 0 fully saturated rings. The molecular weight excluding hydrogens is 228 g/mol. The van der Waals surface area contributed by atoms with Crippen LogP contribution in [0, 0.1) is 0 Å². The summed E-state index contributed by atoms with van der Waals surface area (Å²) in [5.41, 5.74) is 5.09. The summed E-state index contributed by atoms with van der Waals surface area (Å²) in [6, 6.07) is 0. The zero-order chi connectivity index (χ0) is 12.1. The van der Waals surface area contributed by atoms with Gasteiger partial charge in [0.05, 0.1) is 0 Å². The summed E-state index contributed by atoms with van der Waals surface area (Å²) in [5.74, 6) is 1.06. The predicted molar refractivity (Wildman–Crippen MR) is 68.3 cm³/mol. The predicted octanol–water partition coefficient (Wildman–Crippen LogP) is -0.0864. The average molecular weight is 244 g/mol. The standard InChI is InChI=1S/C9H16N4O2S/c1-3-13-7(10)6(11-4-5-16-2)8(14)12-9(13)15/h11H,3-5,10H2,1-2H3,(H,12,14,15). The minimum absolute atomic E-state index is 0.192. The number of hydrogen-bond donors (Lipinski definition) is 3. The largest absolute Gasteiger partial charge is 0.383 e. The summed E-state index contributed by atoms with van der Waals surface area (Å²) in [7, 11) is 0. The van der Waals surface area contributed by atoms with Crippen molar-refractivity contribution in [2.75, 3.05) is 29.6 Å². The van der Waals surface area contributed by atoms with E-state index in [1.165, 1.54) is 4.57 Å². The number of rotatable bonds is 5. The molecule has 90 valence electrons. The van der Waals surface area contributed by atoms with Crippen LogP contribution in [0.15, 0.2) is 9.59 Å². The first-order chi connectivity index (χ1) is 7.61. The molecule has 1 aromatic rings. The summed E-state index contributed by atoms with van der Waals surface area (Å²) < 4.78 is 1.32. The summed E-state index contributed by atoms with van der Waals surface area (Å²) in [6.45, 7) is 2.86. The molecule has 0 aliphatic rings. The summed E-state index contributed by atoms with van der Waals surface area (Å²) in [6.07, 6.45) is 1.97. The van der Waals surface area contributed by atoms with Crippen LogP contribution in [0.25, 0.3) is 0 Å². The van der Waals surface area contributed by atoms with Crippen LogP contribution < -0.4 is 22.3 Å². The van der Waals surface area contributed by atoms with Gasteiger partial charge < -0.3 is 11.1 Å². The van der Waals surface area contributed by atoms with Gasteiger partial charge in [0.2, 0.25) is 0 Å². The molecule has 0 spiro atoms. The maximum atomic E-state index is 11.5. The molecule has 0 unspecified atom stereocenters. The molecule has 0 aromatic carbocycles. The lowest BCUT2D eigenvalue weighted by Gasteiger charge is -2.11. The second-order valence-corrected chi connectivity index (χ2v) is 4.17. The Bertz CT molecular complexity index is 466. The van der Waals surface area contributed by atoms with Crippen molar-refractivity contribution in [3.8, 4) is 0 Å². The third-order valence-electron chi connectivity index (χ3n) is 2.16. The number of hydrogen-bond acceptors (Lipinski definition) is 5. The van der Waals surface area contributed by atoms with E-state index in [4.69, 9.17) is 5.73 Å². The van der Waals surface area contributed by atoms with Crippen molar-refractivity contribution < 1.29 is 0 Å². The Labute approximate surface area is 97.2 Å². The van der Waals surface area contributed by atoms with E-state index in [2.05, 4.69) is 10.3 Å². The highest BCUT2D eigenvalue weighted by Crippen LogP contribution is 2.09. The molecule has 0 atom stereocenters. The fourth-order valence-electron chi connectivity index (χ4n) is 1.35. The lowest BCUT2D eigenvalue weighted by atomic mass is 10.4. The SMILES string of the molecule is CCn1c(N)c(NCCSC)c(=O)[nH]c1=O. The van der Waals surface area contributed by atoms with Crippen molar-refractivity contribution in [2.45, 2.75) is 13.5 Å². The van der Waals surface area contributed by atoms with Gasteiger partial charge in [0.15, 0.2) is 0 Å². The number of H-pyrrole nitrogens is 1. The number of nitrogens with zero attached hydrogens (tertiary/aromatic N) is 1. The average Bonchev–Trinajstić information content (AvgIpc) is 2.23. The van der Waals surface area contributed by atoms with Crippen LogP contribution in [0.4, 0.5) is 11.5 Å². The van der Waals surface area contributed by atoms with Gasteiger partial charge in [0.1, 0.15) is 11.5 Å². The quantitative estimate of drug-likeness (QED) is 0.630. The van der Waals surface area contributed by atoms with Gasteiger partial charge in [-0.3, -0.25) is 14.3 Å². The lowest BCUT2D eigenvalue weighted by molar-refractivity contribution is 0.706. The van der Waals surface area contributed by atoms with Gasteiger partial charge in [-0.25, -0.2) is 4.79 Å². The van der Waals surface area contributed by atoms with E-state index in [0.717, 1.165) is 5.75 Å². The minimum atomic E-state index is -0.472. The van der Waals surface area contributed by atoms with Crippen LogP contribution in [0.3, 0.4) is 0 Å². The van der Waals surface area contributed by atoms with Crippen LogP contribution in [0.2, 0.25) is 0 Å². The van der Waals surface area contributed by atoms with Crippen LogP contribution in [-0.2, 0) is 6.54 Å². The first-order valence-electron chi connectivity index (χ1n) is 4.97. The Kier molecular flexibility index (Phi) is 4.48. The highest BCUT2D eigenvalue weighted by molar-refractivity contribution is 7.98. The van der Waals surface area contributed by atoms with E-state index >= 15 is 0 Å². The Balaban J connectivity index is 3.08. The maximum absolute atomic E-state index is 11.5. The van der Waals surface area contributed by atoms with E-state index in [9.17, 15) is 9.59 Å². The van der Waals surface area contributed by atoms with Crippen molar-refractivity contribution in [2.24, 2.45) is 0 Å². The molecule has 0 saturated carbocycles. The third-order valence-corrected chi connectivity index (χ3v) is 2.78. The van der Waals surface area contributed by atoms with Crippen molar-refractivity contribution in [3.05, 3.63) is 20.8 Å². The van der Waals surface area contributed by atoms with Crippen molar-refractivity contribution in [1.82, 2.24) is 9.55 Å². The number of aromatic nitrogens is 2. The maximum Gasteiger partial charge on any atom is 0.330 e. The number of aromatic amines is 1. The molecule has 1 aromatic heterocycles. The van der Waals surface area contributed by atoms with Gasteiger partial charge in [-0.15, -0.1) is 0 Å². The van der Waals surface area contributed by atoms with E-state index in [-0.39, 0.29) is 11.5 Å². The van der Waals surface area contributed by atoms with Crippen LogP contribution in [-0.4, -0.2) is 28.1 Å². The molecule has 0 aliphatic heterocycles.